The Morgan fingerprint density at radius 3 is 2.48 bits per heavy atom. The zero-order valence-electron chi connectivity index (χ0n) is 12.9. The third-order valence-electron chi connectivity index (χ3n) is 4.09. The van der Waals surface area contributed by atoms with Gasteiger partial charge in [-0.15, -0.1) is 0 Å². The molecule has 0 saturated carbocycles. The molecule has 0 fully saturated rings. The van der Waals surface area contributed by atoms with Crippen LogP contribution in [0.2, 0.25) is 0 Å². The largest absolute Gasteiger partial charge is 0.498 e. The van der Waals surface area contributed by atoms with Crippen molar-refractivity contribution >= 4 is 17.7 Å². The number of benzene rings is 1. The lowest BCUT2D eigenvalue weighted by Crippen LogP contribution is -2.38. The fourth-order valence-corrected chi connectivity index (χ4v) is 2.84. The molecule has 3 rings (SSSR count). The van der Waals surface area contributed by atoms with Gasteiger partial charge in [0, 0.05) is 13.1 Å². The molecule has 120 valence electrons. The lowest BCUT2D eigenvalue weighted by molar-refractivity contribution is -0.118. The van der Waals surface area contributed by atoms with Gasteiger partial charge in [0.05, 0.1) is 23.3 Å². The van der Waals surface area contributed by atoms with E-state index in [1.54, 1.807) is 31.2 Å². The first-order valence-corrected chi connectivity index (χ1v) is 7.65. The number of carbonyl (C=O) groups is 3. The van der Waals surface area contributed by atoms with Gasteiger partial charge in [0.25, 0.3) is 17.7 Å². The third-order valence-corrected chi connectivity index (χ3v) is 4.09. The highest BCUT2D eigenvalue weighted by Crippen LogP contribution is 2.22. The summed E-state index contributed by atoms with van der Waals surface area (Å²) in [5.74, 6) is -0.166. The summed E-state index contributed by atoms with van der Waals surface area (Å²) in [6.07, 6.45) is 1.50. The first-order valence-electron chi connectivity index (χ1n) is 7.65. The molecule has 0 atom stereocenters. The quantitative estimate of drug-likeness (QED) is 0.854. The van der Waals surface area contributed by atoms with Crippen LogP contribution >= 0.6 is 0 Å². The van der Waals surface area contributed by atoms with E-state index in [-0.39, 0.29) is 30.8 Å². The molecule has 0 aromatic heterocycles. The smallest absolute Gasteiger partial charge is 0.261 e. The summed E-state index contributed by atoms with van der Waals surface area (Å²) in [5, 5.41) is 2.75. The molecule has 0 aliphatic carbocycles. The molecule has 2 heterocycles. The Labute approximate surface area is 134 Å². The molecule has 0 radical (unpaired) electrons. The summed E-state index contributed by atoms with van der Waals surface area (Å²) in [6, 6.07) is 6.74. The Morgan fingerprint density at radius 2 is 1.87 bits per heavy atom. The lowest BCUT2D eigenvalue weighted by Gasteiger charge is -2.19. The Kier molecular flexibility index (Phi) is 4.14. The van der Waals surface area contributed by atoms with Gasteiger partial charge in [-0.3, -0.25) is 19.3 Å². The predicted octanol–water partition coefficient (Wildman–Crippen LogP) is 1.48. The highest BCUT2D eigenvalue weighted by Gasteiger charge is 2.34. The molecule has 3 amide bonds. The van der Waals surface area contributed by atoms with Crippen LogP contribution in [0.5, 0.6) is 0 Å². The number of hydrogen-bond donors (Lipinski definition) is 1. The number of imide groups is 1. The second-order valence-corrected chi connectivity index (χ2v) is 5.55. The summed E-state index contributed by atoms with van der Waals surface area (Å²) in [5.41, 5.74) is 1.48. The predicted molar refractivity (Wildman–Crippen MR) is 82.7 cm³/mol. The van der Waals surface area contributed by atoms with Gasteiger partial charge in [-0.1, -0.05) is 12.1 Å². The number of hydrogen-bond acceptors (Lipinski definition) is 4. The van der Waals surface area contributed by atoms with Crippen molar-refractivity contribution in [3.63, 3.8) is 0 Å². The summed E-state index contributed by atoms with van der Waals surface area (Å²) in [6.45, 7) is 2.79. The third kappa shape index (κ3) is 2.84. The SMILES string of the molecule is CC1=C(C(=O)NCCN2C(=O)c3ccccc3C2=O)CCCO1. The maximum Gasteiger partial charge on any atom is 0.261 e. The first-order chi connectivity index (χ1) is 11.1. The zero-order valence-corrected chi connectivity index (χ0v) is 12.9. The van der Waals surface area contributed by atoms with E-state index in [0.29, 0.717) is 35.5 Å². The van der Waals surface area contributed by atoms with Crippen LogP contribution in [0.4, 0.5) is 0 Å². The molecule has 2 aliphatic rings. The van der Waals surface area contributed by atoms with Crippen molar-refractivity contribution < 1.29 is 19.1 Å². The fourth-order valence-electron chi connectivity index (χ4n) is 2.84. The van der Waals surface area contributed by atoms with Crippen LogP contribution in [0, 0.1) is 0 Å². The van der Waals surface area contributed by atoms with Gasteiger partial charge in [-0.2, -0.15) is 0 Å². The summed E-state index contributed by atoms with van der Waals surface area (Å²) in [4.78, 5) is 37.7. The average molecular weight is 314 g/mol. The Bertz CT molecular complexity index is 673. The number of amides is 3. The Morgan fingerprint density at radius 1 is 1.22 bits per heavy atom. The zero-order chi connectivity index (χ0) is 16.4. The van der Waals surface area contributed by atoms with Gasteiger partial charge >= 0.3 is 0 Å². The minimum Gasteiger partial charge on any atom is -0.498 e. The van der Waals surface area contributed by atoms with Crippen molar-refractivity contribution in [1.29, 1.82) is 0 Å². The van der Waals surface area contributed by atoms with E-state index in [2.05, 4.69) is 5.32 Å². The first kappa shape index (κ1) is 15.3. The van der Waals surface area contributed by atoms with Crippen molar-refractivity contribution in [2.75, 3.05) is 19.7 Å². The van der Waals surface area contributed by atoms with Crippen molar-refractivity contribution in [3.05, 3.63) is 46.7 Å². The monoisotopic (exact) mass is 314 g/mol. The Hall–Kier alpha value is -2.63. The molecular weight excluding hydrogens is 296 g/mol. The van der Waals surface area contributed by atoms with Crippen LogP contribution in [0.3, 0.4) is 0 Å². The molecule has 1 aromatic rings. The minimum absolute atomic E-state index is 0.158. The summed E-state index contributed by atoms with van der Waals surface area (Å²) < 4.78 is 5.37. The number of nitrogens with one attached hydrogen (secondary N) is 1. The maximum absolute atomic E-state index is 12.2. The van der Waals surface area contributed by atoms with E-state index < -0.39 is 0 Å². The van der Waals surface area contributed by atoms with Crippen LogP contribution in [-0.2, 0) is 9.53 Å². The van der Waals surface area contributed by atoms with E-state index in [1.807, 2.05) is 0 Å². The van der Waals surface area contributed by atoms with Crippen LogP contribution in [0.15, 0.2) is 35.6 Å². The number of ether oxygens (including phenoxy) is 1. The molecular formula is C17H18N2O4. The second-order valence-electron chi connectivity index (χ2n) is 5.55. The van der Waals surface area contributed by atoms with Crippen LogP contribution in [0.1, 0.15) is 40.5 Å². The lowest BCUT2D eigenvalue weighted by atomic mass is 10.1. The van der Waals surface area contributed by atoms with Gasteiger partial charge in [0.1, 0.15) is 5.76 Å². The van der Waals surface area contributed by atoms with Crippen molar-refractivity contribution in [3.8, 4) is 0 Å². The molecule has 2 aliphatic heterocycles. The molecule has 1 N–H and O–H groups in total. The van der Waals surface area contributed by atoms with Gasteiger partial charge < -0.3 is 10.1 Å². The van der Waals surface area contributed by atoms with E-state index >= 15 is 0 Å². The number of rotatable bonds is 4. The van der Waals surface area contributed by atoms with Gasteiger partial charge in [-0.05, 0) is 31.9 Å². The van der Waals surface area contributed by atoms with E-state index in [0.717, 1.165) is 6.42 Å². The van der Waals surface area contributed by atoms with Gasteiger partial charge in [0.15, 0.2) is 0 Å². The number of nitrogens with zero attached hydrogens (tertiary/aromatic N) is 1. The maximum atomic E-state index is 12.2. The van der Waals surface area contributed by atoms with E-state index in [9.17, 15) is 14.4 Å². The van der Waals surface area contributed by atoms with Gasteiger partial charge in [-0.25, -0.2) is 0 Å². The average Bonchev–Trinajstić information content (AvgIpc) is 2.80. The number of carbonyl (C=O) groups excluding carboxylic acids is 3. The summed E-state index contributed by atoms with van der Waals surface area (Å²) in [7, 11) is 0. The second kappa shape index (κ2) is 6.24. The molecule has 0 spiro atoms. The van der Waals surface area contributed by atoms with Crippen molar-refractivity contribution in [2.45, 2.75) is 19.8 Å². The summed E-state index contributed by atoms with van der Waals surface area (Å²) >= 11 is 0. The van der Waals surface area contributed by atoms with Gasteiger partial charge in [0.2, 0.25) is 0 Å². The highest BCUT2D eigenvalue weighted by atomic mass is 16.5. The molecule has 6 heteroatoms. The van der Waals surface area contributed by atoms with Crippen molar-refractivity contribution in [2.24, 2.45) is 0 Å². The molecule has 6 nitrogen and oxygen atoms in total. The van der Waals surface area contributed by atoms with Crippen molar-refractivity contribution in [1.82, 2.24) is 10.2 Å². The number of allylic oxidation sites excluding steroid dienone is 1. The molecule has 0 bridgehead atoms. The Balaban J connectivity index is 1.59. The standard InChI is InChI=1S/C17H18N2O4/c1-11-12(7-4-10-23-11)15(20)18-8-9-19-16(21)13-5-2-3-6-14(13)17(19)22/h2-3,5-6H,4,7-10H2,1H3,(H,18,20). The van der Waals surface area contributed by atoms with Crippen LogP contribution in [0.25, 0.3) is 0 Å². The number of fused-ring (bicyclic) bond motifs is 1. The van der Waals surface area contributed by atoms with Crippen LogP contribution < -0.4 is 5.32 Å². The molecule has 0 unspecified atom stereocenters. The molecule has 23 heavy (non-hydrogen) atoms. The highest BCUT2D eigenvalue weighted by molar-refractivity contribution is 6.21. The van der Waals surface area contributed by atoms with E-state index in [1.165, 1.54) is 4.90 Å². The van der Waals surface area contributed by atoms with Crippen LogP contribution in [-0.4, -0.2) is 42.3 Å². The molecule has 0 saturated heterocycles. The fraction of sp³-hybridized carbons (Fsp3) is 0.353. The van der Waals surface area contributed by atoms with E-state index in [4.69, 9.17) is 4.74 Å². The molecule has 1 aromatic carbocycles. The normalized spacial score (nSPS) is 17.2. The topological polar surface area (TPSA) is 75.7 Å². The minimum atomic E-state index is -0.309.